The van der Waals surface area contributed by atoms with Crippen molar-refractivity contribution in [3.63, 3.8) is 0 Å². The van der Waals surface area contributed by atoms with Crippen LogP contribution in [0.1, 0.15) is 15.9 Å². The van der Waals surface area contributed by atoms with Crippen molar-refractivity contribution in [3.8, 4) is 11.1 Å². The summed E-state index contributed by atoms with van der Waals surface area (Å²) >= 11 is 0. The molecule has 0 radical (unpaired) electrons. The number of nitrogens with two attached hydrogens (primary N) is 1. The summed E-state index contributed by atoms with van der Waals surface area (Å²) in [5.74, 6) is -1.03. The predicted octanol–water partition coefficient (Wildman–Crippen LogP) is 2.88. The fourth-order valence-electron chi connectivity index (χ4n) is 2.29. The lowest BCUT2D eigenvalue weighted by Gasteiger charge is -2.04. The summed E-state index contributed by atoms with van der Waals surface area (Å²) in [5.41, 5.74) is 8.83. The van der Waals surface area contributed by atoms with Gasteiger partial charge in [0.2, 0.25) is 0 Å². The molecule has 0 unspecified atom stereocenters. The SMILES string of the molecule is Nc1ccc(-c2cnn(Cc3ccccc3)c2)cc1C(=O)O. The van der Waals surface area contributed by atoms with Crippen LogP contribution in [0.25, 0.3) is 11.1 Å². The molecule has 3 aromatic rings. The number of anilines is 1. The van der Waals surface area contributed by atoms with Gasteiger partial charge in [-0.25, -0.2) is 4.79 Å². The number of hydrogen-bond donors (Lipinski definition) is 2. The largest absolute Gasteiger partial charge is 0.478 e. The molecular weight excluding hydrogens is 278 g/mol. The second-order valence-electron chi connectivity index (χ2n) is 5.02. The Labute approximate surface area is 127 Å². The highest BCUT2D eigenvalue weighted by atomic mass is 16.4. The summed E-state index contributed by atoms with van der Waals surface area (Å²) in [6, 6.07) is 15.0. The van der Waals surface area contributed by atoms with Crippen molar-refractivity contribution in [3.05, 3.63) is 72.1 Å². The van der Waals surface area contributed by atoms with Crippen molar-refractivity contribution < 1.29 is 9.90 Å². The lowest BCUT2D eigenvalue weighted by Crippen LogP contribution is -2.02. The Kier molecular flexibility index (Phi) is 3.62. The standard InChI is InChI=1S/C17H15N3O2/c18-16-7-6-13(8-15(16)17(21)22)14-9-19-20(11-14)10-12-4-2-1-3-5-12/h1-9,11H,10,18H2,(H,21,22). The molecule has 0 amide bonds. The molecule has 0 fully saturated rings. The smallest absolute Gasteiger partial charge is 0.337 e. The molecule has 0 aliphatic rings. The molecule has 0 bridgehead atoms. The highest BCUT2D eigenvalue weighted by Crippen LogP contribution is 2.23. The van der Waals surface area contributed by atoms with E-state index in [1.54, 1.807) is 24.4 Å². The van der Waals surface area contributed by atoms with E-state index in [0.29, 0.717) is 6.54 Å². The Hall–Kier alpha value is -3.08. The lowest BCUT2D eigenvalue weighted by molar-refractivity contribution is 0.0698. The van der Waals surface area contributed by atoms with Crippen LogP contribution >= 0.6 is 0 Å². The number of carboxylic acids is 1. The minimum atomic E-state index is -1.03. The second-order valence-corrected chi connectivity index (χ2v) is 5.02. The van der Waals surface area contributed by atoms with Gasteiger partial charge in [-0.2, -0.15) is 5.10 Å². The Morgan fingerprint density at radius 1 is 1.14 bits per heavy atom. The molecule has 2 aromatic carbocycles. The van der Waals surface area contributed by atoms with Crippen LogP contribution in [-0.4, -0.2) is 20.9 Å². The van der Waals surface area contributed by atoms with E-state index in [-0.39, 0.29) is 11.3 Å². The number of benzene rings is 2. The zero-order valence-corrected chi connectivity index (χ0v) is 11.8. The maximum Gasteiger partial charge on any atom is 0.337 e. The lowest BCUT2D eigenvalue weighted by atomic mass is 10.0. The summed E-state index contributed by atoms with van der Waals surface area (Å²) in [4.78, 5) is 11.2. The van der Waals surface area contributed by atoms with Crippen LogP contribution in [0.2, 0.25) is 0 Å². The molecule has 0 spiro atoms. The highest BCUT2D eigenvalue weighted by molar-refractivity contribution is 5.95. The molecule has 5 heteroatoms. The Balaban J connectivity index is 1.88. The number of nitrogen functional groups attached to an aromatic ring is 1. The average Bonchev–Trinajstić information content (AvgIpc) is 2.97. The highest BCUT2D eigenvalue weighted by Gasteiger charge is 2.10. The fraction of sp³-hybridized carbons (Fsp3) is 0.0588. The molecule has 0 atom stereocenters. The van der Waals surface area contributed by atoms with Crippen molar-refractivity contribution in [2.24, 2.45) is 0 Å². The van der Waals surface area contributed by atoms with Gasteiger partial charge in [-0.1, -0.05) is 36.4 Å². The number of carbonyl (C=O) groups is 1. The summed E-state index contributed by atoms with van der Waals surface area (Å²) in [6.45, 7) is 0.668. The van der Waals surface area contributed by atoms with E-state index in [9.17, 15) is 4.79 Å². The van der Waals surface area contributed by atoms with Gasteiger partial charge >= 0.3 is 5.97 Å². The van der Waals surface area contributed by atoms with E-state index in [4.69, 9.17) is 10.8 Å². The van der Waals surface area contributed by atoms with E-state index in [0.717, 1.165) is 16.7 Å². The fourth-order valence-corrected chi connectivity index (χ4v) is 2.29. The molecule has 3 rings (SSSR count). The third-order valence-corrected chi connectivity index (χ3v) is 3.44. The van der Waals surface area contributed by atoms with Crippen LogP contribution in [0.15, 0.2) is 60.9 Å². The van der Waals surface area contributed by atoms with Gasteiger partial charge in [0.05, 0.1) is 18.3 Å². The van der Waals surface area contributed by atoms with Crippen molar-refractivity contribution in [1.82, 2.24) is 9.78 Å². The number of aromatic carboxylic acids is 1. The molecule has 0 aliphatic carbocycles. The maximum atomic E-state index is 11.2. The van der Waals surface area contributed by atoms with Crippen LogP contribution in [0.4, 0.5) is 5.69 Å². The monoisotopic (exact) mass is 293 g/mol. The van der Waals surface area contributed by atoms with E-state index in [2.05, 4.69) is 5.10 Å². The first-order valence-corrected chi connectivity index (χ1v) is 6.83. The van der Waals surface area contributed by atoms with Gasteiger partial charge < -0.3 is 10.8 Å². The number of nitrogens with zero attached hydrogens (tertiary/aromatic N) is 2. The molecule has 0 saturated heterocycles. The number of rotatable bonds is 4. The molecule has 110 valence electrons. The normalized spacial score (nSPS) is 10.5. The van der Waals surface area contributed by atoms with Gasteiger partial charge in [0.15, 0.2) is 0 Å². The molecule has 1 heterocycles. The third-order valence-electron chi connectivity index (χ3n) is 3.44. The summed E-state index contributed by atoms with van der Waals surface area (Å²) in [7, 11) is 0. The van der Waals surface area contributed by atoms with Gasteiger partial charge in [-0.05, 0) is 23.3 Å². The van der Waals surface area contributed by atoms with Crippen LogP contribution in [-0.2, 0) is 6.54 Å². The first-order valence-electron chi connectivity index (χ1n) is 6.83. The number of carboxylic acid groups (broad SMARTS) is 1. The molecule has 0 saturated carbocycles. The first kappa shape index (κ1) is 13.9. The topological polar surface area (TPSA) is 81.1 Å². The predicted molar refractivity (Wildman–Crippen MR) is 84.6 cm³/mol. The van der Waals surface area contributed by atoms with Crippen molar-refractivity contribution in [2.75, 3.05) is 5.73 Å². The van der Waals surface area contributed by atoms with E-state index in [1.807, 2.05) is 41.2 Å². The Morgan fingerprint density at radius 3 is 2.64 bits per heavy atom. The van der Waals surface area contributed by atoms with Crippen LogP contribution in [0, 0.1) is 0 Å². The van der Waals surface area contributed by atoms with E-state index < -0.39 is 5.97 Å². The van der Waals surface area contributed by atoms with Gasteiger partial charge in [0.25, 0.3) is 0 Å². The van der Waals surface area contributed by atoms with Crippen molar-refractivity contribution in [1.29, 1.82) is 0 Å². The molecular formula is C17H15N3O2. The quantitative estimate of drug-likeness (QED) is 0.725. The van der Waals surface area contributed by atoms with Gasteiger partial charge in [0.1, 0.15) is 0 Å². The van der Waals surface area contributed by atoms with Crippen LogP contribution in [0.3, 0.4) is 0 Å². The minimum absolute atomic E-state index is 0.105. The third kappa shape index (κ3) is 2.83. The van der Waals surface area contributed by atoms with Gasteiger partial charge in [0, 0.05) is 17.4 Å². The number of aromatic nitrogens is 2. The van der Waals surface area contributed by atoms with Crippen molar-refractivity contribution >= 4 is 11.7 Å². The van der Waals surface area contributed by atoms with Crippen LogP contribution in [0.5, 0.6) is 0 Å². The summed E-state index contributed by atoms with van der Waals surface area (Å²) in [5, 5.41) is 13.5. The average molecular weight is 293 g/mol. The van der Waals surface area contributed by atoms with Crippen LogP contribution < -0.4 is 5.73 Å². The Bertz CT molecular complexity index is 810. The first-order chi connectivity index (χ1) is 10.6. The van der Waals surface area contributed by atoms with E-state index in [1.165, 1.54) is 0 Å². The molecule has 0 aliphatic heterocycles. The summed E-state index contributed by atoms with van der Waals surface area (Å²) in [6.07, 6.45) is 3.62. The second kappa shape index (κ2) is 5.73. The van der Waals surface area contributed by atoms with Gasteiger partial charge in [-0.3, -0.25) is 4.68 Å². The maximum absolute atomic E-state index is 11.2. The summed E-state index contributed by atoms with van der Waals surface area (Å²) < 4.78 is 1.82. The molecule has 5 nitrogen and oxygen atoms in total. The molecule has 1 aromatic heterocycles. The minimum Gasteiger partial charge on any atom is -0.478 e. The molecule has 22 heavy (non-hydrogen) atoms. The number of hydrogen-bond acceptors (Lipinski definition) is 3. The van der Waals surface area contributed by atoms with Gasteiger partial charge in [-0.15, -0.1) is 0 Å². The van der Waals surface area contributed by atoms with E-state index >= 15 is 0 Å². The molecule has 3 N–H and O–H groups in total. The van der Waals surface area contributed by atoms with Crippen molar-refractivity contribution in [2.45, 2.75) is 6.54 Å². The zero-order chi connectivity index (χ0) is 15.5. The zero-order valence-electron chi connectivity index (χ0n) is 11.8. The Morgan fingerprint density at radius 2 is 1.91 bits per heavy atom.